The second-order valence-electron chi connectivity index (χ2n) is 5.77. The Morgan fingerprint density at radius 1 is 1.22 bits per heavy atom. The van der Waals surface area contributed by atoms with Crippen molar-refractivity contribution in [3.8, 4) is 0 Å². The van der Waals surface area contributed by atoms with Gasteiger partial charge in [-0.3, -0.25) is 14.4 Å². The van der Waals surface area contributed by atoms with Crippen molar-refractivity contribution in [2.45, 2.75) is 25.6 Å². The third kappa shape index (κ3) is 4.99. The number of aromatic amines is 1. The molecule has 0 saturated carbocycles. The third-order valence-corrected chi connectivity index (χ3v) is 3.83. The summed E-state index contributed by atoms with van der Waals surface area (Å²) in [6, 6.07) is 4.83. The van der Waals surface area contributed by atoms with Crippen LogP contribution in [0.4, 0.5) is 13.2 Å². The number of ether oxygens (including phenoxy) is 1. The van der Waals surface area contributed by atoms with E-state index in [1.165, 1.54) is 12.1 Å². The van der Waals surface area contributed by atoms with Crippen LogP contribution in [0.3, 0.4) is 0 Å². The second-order valence-corrected chi connectivity index (χ2v) is 5.77. The number of amides is 2. The molecule has 0 spiro atoms. The van der Waals surface area contributed by atoms with E-state index < -0.39 is 48.7 Å². The number of methoxy groups -OCH3 is 1. The van der Waals surface area contributed by atoms with Gasteiger partial charge >= 0.3 is 12.1 Å². The zero-order valence-electron chi connectivity index (χ0n) is 14.6. The molecule has 7 nitrogen and oxygen atoms in total. The van der Waals surface area contributed by atoms with E-state index in [0.717, 1.165) is 14.0 Å². The standard InChI is InChI=1S/C17H18F3N3O4/c1-9(24)22-13(16(26)21-8-14(25)27-2)7-11-10-5-3-4-6-12(10)23-15(11)17(18,19)20/h3-6,13,23H,7-8H2,1-2H3,(H,21,26)(H,22,24)/t13-/m0/s1. The van der Waals surface area contributed by atoms with Crippen molar-refractivity contribution in [2.24, 2.45) is 0 Å². The van der Waals surface area contributed by atoms with Gasteiger partial charge in [-0.25, -0.2) is 0 Å². The lowest BCUT2D eigenvalue weighted by atomic mass is 10.0. The number of alkyl halides is 3. The van der Waals surface area contributed by atoms with E-state index in [0.29, 0.717) is 5.39 Å². The minimum absolute atomic E-state index is 0.148. The lowest BCUT2D eigenvalue weighted by molar-refractivity contribution is -0.141. The second kappa shape index (κ2) is 8.11. The summed E-state index contributed by atoms with van der Waals surface area (Å²) in [6.07, 6.45) is -5.08. The number of hydrogen-bond acceptors (Lipinski definition) is 4. The Hall–Kier alpha value is -3.04. The smallest absolute Gasteiger partial charge is 0.431 e. The number of hydrogen-bond donors (Lipinski definition) is 3. The lowest BCUT2D eigenvalue weighted by Crippen LogP contribution is -2.48. The molecule has 3 N–H and O–H groups in total. The summed E-state index contributed by atoms with van der Waals surface area (Å²) < 4.78 is 44.7. The number of esters is 1. The quantitative estimate of drug-likeness (QED) is 0.657. The molecule has 0 saturated heterocycles. The normalized spacial score (nSPS) is 12.5. The summed E-state index contributed by atoms with van der Waals surface area (Å²) in [6.45, 7) is 0.673. The third-order valence-electron chi connectivity index (χ3n) is 3.83. The molecule has 1 aromatic heterocycles. The number of H-pyrrole nitrogens is 1. The Kier molecular flexibility index (Phi) is 6.09. The number of aromatic nitrogens is 1. The Morgan fingerprint density at radius 2 is 1.89 bits per heavy atom. The van der Waals surface area contributed by atoms with E-state index in [2.05, 4.69) is 20.4 Å². The lowest BCUT2D eigenvalue weighted by Gasteiger charge is -2.18. The average Bonchev–Trinajstić information content (AvgIpc) is 2.97. The molecule has 0 aliphatic heterocycles. The van der Waals surface area contributed by atoms with Gasteiger partial charge in [0.25, 0.3) is 0 Å². The fraction of sp³-hybridized carbons (Fsp3) is 0.353. The summed E-state index contributed by atoms with van der Waals surface area (Å²) in [5.74, 6) is -2.12. The van der Waals surface area contributed by atoms with Crippen molar-refractivity contribution in [3.63, 3.8) is 0 Å². The van der Waals surface area contributed by atoms with Gasteiger partial charge in [0.15, 0.2) is 0 Å². The molecule has 0 unspecified atom stereocenters. The molecular weight excluding hydrogens is 367 g/mol. The first-order chi connectivity index (χ1) is 12.6. The van der Waals surface area contributed by atoms with Crippen LogP contribution in [-0.2, 0) is 31.7 Å². The fourth-order valence-corrected chi connectivity index (χ4v) is 2.67. The first kappa shape index (κ1) is 20.3. The maximum atomic E-state index is 13.4. The van der Waals surface area contributed by atoms with Crippen LogP contribution in [0.15, 0.2) is 24.3 Å². The van der Waals surface area contributed by atoms with Gasteiger partial charge in [0.1, 0.15) is 18.3 Å². The van der Waals surface area contributed by atoms with Crippen LogP contribution in [0, 0.1) is 0 Å². The number of rotatable bonds is 6. The highest BCUT2D eigenvalue weighted by molar-refractivity contribution is 5.91. The molecular formula is C17H18F3N3O4. The molecule has 10 heteroatoms. The van der Waals surface area contributed by atoms with E-state index in [1.54, 1.807) is 12.1 Å². The SMILES string of the molecule is COC(=O)CNC(=O)[C@H](Cc1c(C(F)(F)F)[nH]c2ccccc12)NC(C)=O. The van der Waals surface area contributed by atoms with Crippen molar-refractivity contribution in [2.75, 3.05) is 13.7 Å². The van der Waals surface area contributed by atoms with Crippen LogP contribution >= 0.6 is 0 Å². The monoisotopic (exact) mass is 385 g/mol. The van der Waals surface area contributed by atoms with Crippen LogP contribution in [0.5, 0.6) is 0 Å². The number of nitrogens with one attached hydrogen (secondary N) is 3. The van der Waals surface area contributed by atoms with Gasteiger partial charge in [-0.1, -0.05) is 18.2 Å². The maximum absolute atomic E-state index is 13.4. The van der Waals surface area contributed by atoms with Crippen molar-refractivity contribution in [1.82, 2.24) is 15.6 Å². The fourth-order valence-electron chi connectivity index (χ4n) is 2.67. The molecule has 2 rings (SSSR count). The molecule has 2 amide bonds. The molecule has 1 aromatic carbocycles. The predicted octanol–water partition coefficient (Wildman–Crippen LogP) is 1.52. The van der Waals surface area contributed by atoms with Crippen molar-refractivity contribution in [3.05, 3.63) is 35.5 Å². The molecule has 0 aliphatic rings. The zero-order valence-corrected chi connectivity index (χ0v) is 14.6. The molecule has 0 fully saturated rings. The van der Waals surface area contributed by atoms with Crippen molar-refractivity contribution < 1.29 is 32.3 Å². The number of carbonyl (C=O) groups is 3. The van der Waals surface area contributed by atoms with Gasteiger partial charge in [0.2, 0.25) is 11.8 Å². The Bertz CT molecular complexity index is 861. The molecule has 0 radical (unpaired) electrons. The molecule has 27 heavy (non-hydrogen) atoms. The Balaban J connectivity index is 2.38. The molecule has 0 bridgehead atoms. The molecule has 2 aromatic rings. The molecule has 146 valence electrons. The topological polar surface area (TPSA) is 100 Å². The van der Waals surface area contributed by atoms with Gasteiger partial charge < -0.3 is 20.4 Å². The van der Waals surface area contributed by atoms with Gasteiger partial charge in [0.05, 0.1) is 7.11 Å². The van der Waals surface area contributed by atoms with Crippen molar-refractivity contribution >= 4 is 28.7 Å². The predicted molar refractivity (Wildman–Crippen MR) is 89.6 cm³/mol. The summed E-state index contributed by atoms with van der Waals surface area (Å²) in [7, 11) is 1.13. The van der Waals surface area contributed by atoms with Gasteiger partial charge in [-0.2, -0.15) is 13.2 Å². The molecule has 1 heterocycles. The first-order valence-corrected chi connectivity index (χ1v) is 7.92. The van der Waals surface area contributed by atoms with E-state index in [4.69, 9.17) is 0 Å². The van der Waals surface area contributed by atoms with Crippen LogP contribution in [0.2, 0.25) is 0 Å². The number of fused-ring (bicyclic) bond motifs is 1. The van der Waals surface area contributed by atoms with Gasteiger partial charge in [0, 0.05) is 24.2 Å². The minimum Gasteiger partial charge on any atom is -0.468 e. The largest absolute Gasteiger partial charge is 0.468 e. The number of carbonyl (C=O) groups excluding carboxylic acids is 3. The Morgan fingerprint density at radius 3 is 2.48 bits per heavy atom. The summed E-state index contributed by atoms with van der Waals surface area (Å²) >= 11 is 0. The summed E-state index contributed by atoms with van der Waals surface area (Å²) in [4.78, 5) is 37.2. The van der Waals surface area contributed by atoms with E-state index in [9.17, 15) is 27.6 Å². The van der Waals surface area contributed by atoms with Gasteiger partial charge in [-0.15, -0.1) is 0 Å². The summed E-state index contributed by atoms with van der Waals surface area (Å²) in [5.41, 5.74) is -0.874. The Labute approximate surface area is 152 Å². The van der Waals surface area contributed by atoms with Crippen LogP contribution in [-0.4, -0.2) is 42.5 Å². The summed E-state index contributed by atoms with van der Waals surface area (Å²) in [5, 5.41) is 4.85. The minimum atomic E-state index is -4.67. The van der Waals surface area contributed by atoms with Crippen molar-refractivity contribution in [1.29, 1.82) is 0 Å². The van der Waals surface area contributed by atoms with Crippen LogP contribution in [0.1, 0.15) is 18.2 Å². The first-order valence-electron chi connectivity index (χ1n) is 7.92. The number of para-hydroxylation sites is 1. The molecule has 1 atom stereocenters. The zero-order chi connectivity index (χ0) is 20.2. The van der Waals surface area contributed by atoms with Gasteiger partial charge in [-0.05, 0) is 11.6 Å². The van der Waals surface area contributed by atoms with E-state index in [-0.39, 0.29) is 11.1 Å². The highest BCUT2D eigenvalue weighted by Gasteiger charge is 2.37. The van der Waals surface area contributed by atoms with E-state index >= 15 is 0 Å². The average molecular weight is 385 g/mol. The number of halogens is 3. The number of benzene rings is 1. The van der Waals surface area contributed by atoms with Crippen LogP contribution < -0.4 is 10.6 Å². The highest BCUT2D eigenvalue weighted by atomic mass is 19.4. The molecule has 0 aliphatic carbocycles. The van der Waals surface area contributed by atoms with Crippen LogP contribution in [0.25, 0.3) is 10.9 Å². The maximum Gasteiger partial charge on any atom is 0.431 e. The van der Waals surface area contributed by atoms with E-state index in [1.807, 2.05) is 0 Å². The highest BCUT2D eigenvalue weighted by Crippen LogP contribution is 2.36.